The molecule has 2 N–H and O–H groups in total. The van der Waals surface area contributed by atoms with Crippen LogP contribution >= 0.6 is 0 Å². The maximum absolute atomic E-state index is 12.1. The number of likely N-dealkylation sites (N-methyl/N-ethyl adjacent to an activating group) is 1. The predicted molar refractivity (Wildman–Crippen MR) is 72.1 cm³/mol. The topological polar surface area (TPSA) is 104 Å². The Labute approximate surface area is 122 Å². The summed E-state index contributed by atoms with van der Waals surface area (Å²) in [6.07, 6.45) is 2.96. The summed E-state index contributed by atoms with van der Waals surface area (Å²) < 4.78 is 0. The van der Waals surface area contributed by atoms with Gasteiger partial charge in [-0.25, -0.2) is 0 Å². The number of hydrogen-bond donors (Lipinski definition) is 2. The fourth-order valence-corrected chi connectivity index (χ4v) is 3.12. The Balaban J connectivity index is 1.97. The van der Waals surface area contributed by atoms with Gasteiger partial charge in [0, 0.05) is 19.9 Å². The van der Waals surface area contributed by atoms with Crippen molar-refractivity contribution in [2.45, 2.75) is 51.0 Å². The number of imide groups is 1. The van der Waals surface area contributed by atoms with E-state index >= 15 is 0 Å². The third-order valence-corrected chi connectivity index (χ3v) is 4.50. The zero-order chi connectivity index (χ0) is 15.6. The number of carbonyl (C=O) groups is 4. The Morgan fingerprint density at radius 1 is 1.33 bits per heavy atom. The molecule has 0 radical (unpaired) electrons. The van der Waals surface area contributed by atoms with Crippen molar-refractivity contribution in [1.82, 2.24) is 10.2 Å². The zero-order valence-corrected chi connectivity index (χ0v) is 12.1. The average molecular weight is 296 g/mol. The molecule has 2 aliphatic rings. The maximum atomic E-state index is 12.1. The summed E-state index contributed by atoms with van der Waals surface area (Å²) in [6.45, 7) is 0. The molecule has 2 fully saturated rings. The fraction of sp³-hybridized carbons (Fsp3) is 0.714. The first-order chi connectivity index (χ1) is 9.85. The quantitative estimate of drug-likeness (QED) is 0.725. The van der Waals surface area contributed by atoms with Crippen LogP contribution in [0.1, 0.15) is 44.9 Å². The number of piperidine rings is 1. The van der Waals surface area contributed by atoms with Gasteiger partial charge in [-0.3, -0.25) is 24.1 Å². The Kier molecular flexibility index (Phi) is 4.29. The number of aliphatic carboxylic acids is 1. The van der Waals surface area contributed by atoms with Crippen LogP contribution in [0.4, 0.5) is 0 Å². The summed E-state index contributed by atoms with van der Waals surface area (Å²) in [6, 6.07) is -0.729. The van der Waals surface area contributed by atoms with Crippen LogP contribution < -0.4 is 5.32 Å². The Bertz CT molecular complexity index is 482. The van der Waals surface area contributed by atoms with Crippen LogP contribution in [0.5, 0.6) is 0 Å². The Morgan fingerprint density at radius 2 is 1.95 bits per heavy atom. The minimum Gasteiger partial charge on any atom is -0.481 e. The van der Waals surface area contributed by atoms with Crippen molar-refractivity contribution >= 4 is 23.7 Å². The van der Waals surface area contributed by atoms with E-state index < -0.39 is 29.2 Å². The molecule has 0 aromatic heterocycles. The highest BCUT2D eigenvalue weighted by molar-refractivity contribution is 6.01. The molecular formula is C14H20N2O5. The van der Waals surface area contributed by atoms with Crippen LogP contribution in [0, 0.1) is 5.41 Å². The smallest absolute Gasteiger partial charge is 0.310 e. The lowest BCUT2D eigenvalue weighted by Gasteiger charge is -2.29. The van der Waals surface area contributed by atoms with Gasteiger partial charge < -0.3 is 10.4 Å². The van der Waals surface area contributed by atoms with Crippen LogP contribution in [0.2, 0.25) is 0 Å². The molecule has 116 valence electrons. The number of amides is 3. The van der Waals surface area contributed by atoms with Crippen molar-refractivity contribution in [2.75, 3.05) is 7.05 Å². The van der Waals surface area contributed by atoms with Crippen molar-refractivity contribution in [3.8, 4) is 0 Å². The zero-order valence-electron chi connectivity index (χ0n) is 12.1. The number of rotatable bonds is 4. The van der Waals surface area contributed by atoms with E-state index in [4.69, 9.17) is 0 Å². The molecule has 3 amide bonds. The first kappa shape index (κ1) is 15.5. The van der Waals surface area contributed by atoms with Crippen molar-refractivity contribution in [3.63, 3.8) is 0 Å². The van der Waals surface area contributed by atoms with Gasteiger partial charge in [0.05, 0.1) is 5.41 Å². The lowest BCUT2D eigenvalue weighted by atomic mass is 9.82. The Morgan fingerprint density at radius 3 is 2.52 bits per heavy atom. The second-order valence-electron chi connectivity index (χ2n) is 5.92. The molecular weight excluding hydrogens is 276 g/mol. The molecule has 0 aromatic carbocycles. The average Bonchev–Trinajstić information content (AvgIpc) is 2.89. The van der Waals surface area contributed by atoms with Gasteiger partial charge in [-0.05, 0) is 19.3 Å². The minimum absolute atomic E-state index is 0.107. The lowest BCUT2D eigenvalue weighted by molar-refractivity contribution is -0.152. The lowest BCUT2D eigenvalue weighted by Crippen LogP contribution is -2.53. The van der Waals surface area contributed by atoms with Gasteiger partial charge in [-0.1, -0.05) is 12.8 Å². The summed E-state index contributed by atoms with van der Waals surface area (Å²) in [4.78, 5) is 47.8. The molecule has 1 saturated carbocycles. The van der Waals surface area contributed by atoms with Crippen LogP contribution in [-0.4, -0.2) is 46.8 Å². The largest absolute Gasteiger partial charge is 0.481 e. The van der Waals surface area contributed by atoms with E-state index in [0.29, 0.717) is 12.8 Å². The number of nitrogens with one attached hydrogen (secondary N) is 1. The molecule has 1 atom stereocenters. The summed E-state index contributed by atoms with van der Waals surface area (Å²) >= 11 is 0. The standard InChI is InChI=1S/C14H20N2O5/c1-16-11(18)5-4-9(12(16)19)15-10(17)8-14(13(20)21)6-2-3-7-14/h9H,2-8H2,1H3,(H,15,17)(H,20,21). The highest BCUT2D eigenvalue weighted by Gasteiger charge is 2.43. The van der Waals surface area contributed by atoms with E-state index in [0.717, 1.165) is 17.7 Å². The molecule has 2 rings (SSSR count). The van der Waals surface area contributed by atoms with Gasteiger partial charge in [-0.2, -0.15) is 0 Å². The summed E-state index contributed by atoms with van der Waals surface area (Å²) in [5.41, 5.74) is -0.997. The molecule has 0 spiro atoms. The Hall–Kier alpha value is -1.92. The molecule has 1 unspecified atom stereocenters. The second-order valence-corrected chi connectivity index (χ2v) is 5.92. The van der Waals surface area contributed by atoms with Gasteiger partial charge in [0.25, 0.3) is 5.91 Å². The van der Waals surface area contributed by atoms with Crippen molar-refractivity contribution in [1.29, 1.82) is 0 Å². The van der Waals surface area contributed by atoms with Crippen molar-refractivity contribution in [3.05, 3.63) is 0 Å². The highest BCUT2D eigenvalue weighted by Crippen LogP contribution is 2.41. The van der Waals surface area contributed by atoms with Crippen LogP contribution in [0.3, 0.4) is 0 Å². The van der Waals surface area contributed by atoms with Crippen molar-refractivity contribution < 1.29 is 24.3 Å². The van der Waals surface area contributed by atoms with Gasteiger partial charge >= 0.3 is 5.97 Å². The predicted octanol–water partition coefficient (Wildman–Crippen LogP) is 0.285. The van der Waals surface area contributed by atoms with E-state index in [1.807, 2.05) is 0 Å². The normalized spacial score (nSPS) is 25.0. The van der Waals surface area contributed by atoms with Gasteiger partial charge in [0.1, 0.15) is 6.04 Å². The van der Waals surface area contributed by atoms with E-state index in [-0.39, 0.29) is 25.2 Å². The third kappa shape index (κ3) is 3.06. The summed E-state index contributed by atoms with van der Waals surface area (Å²) in [7, 11) is 1.39. The van der Waals surface area contributed by atoms with E-state index in [2.05, 4.69) is 5.32 Å². The number of carboxylic acids is 1. The summed E-state index contributed by atoms with van der Waals surface area (Å²) in [5.74, 6) is -2.07. The van der Waals surface area contributed by atoms with Crippen molar-refractivity contribution in [2.24, 2.45) is 5.41 Å². The molecule has 7 heteroatoms. The first-order valence-corrected chi connectivity index (χ1v) is 7.19. The van der Waals surface area contributed by atoms with Crippen LogP contribution in [0.25, 0.3) is 0 Å². The summed E-state index contributed by atoms with van der Waals surface area (Å²) in [5, 5.41) is 11.9. The molecule has 0 bridgehead atoms. The molecule has 1 aliphatic heterocycles. The molecule has 21 heavy (non-hydrogen) atoms. The molecule has 1 heterocycles. The van der Waals surface area contributed by atoms with Crippen LogP contribution in [-0.2, 0) is 19.2 Å². The number of carboxylic acid groups (broad SMARTS) is 1. The van der Waals surface area contributed by atoms with Gasteiger partial charge in [0.15, 0.2) is 0 Å². The second kappa shape index (κ2) is 5.83. The molecule has 0 aromatic rings. The monoisotopic (exact) mass is 296 g/mol. The fourth-order valence-electron chi connectivity index (χ4n) is 3.12. The van der Waals surface area contributed by atoms with Crippen LogP contribution in [0.15, 0.2) is 0 Å². The maximum Gasteiger partial charge on any atom is 0.310 e. The molecule has 7 nitrogen and oxygen atoms in total. The first-order valence-electron chi connectivity index (χ1n) is 7.19. The molecule has 1 saturated heterocycles. The number of likely N-dealkylation sites (tertiary alicyclic amines) is 1. The minimum atomic E-state index is -0.997. The van der Waals surface area contributed by atoms with Gasteiger partial charge in [0.2, 0.25) is 11.8 Å². The van der Waals surface area contributed by atoms with E-state index in [1.165, 1.54) is 7.05 Å². The number of carbonyl (C=O) groups excluding carboxylic acids is 3. The number of nitrogens with zero attached hydrogens (tertiary/aromatic N) is 1. The molecule has 1 aliphatic carbocycles. The highest BCUT2D eigenvalue weighted by atomic mass is 16.4. The van der Waals surface area contributed by atoms with E-state index in [9.17, 15) is 24.3 Å². The SMILES string of the molecule is CN1C(=O)CCC(NC(=O)CC2(C(=O)O)CCCC2)C1=O. The van der Waals surface area contributed by atoms with Gasteiger partial charge in [-0.15, -0.1) is 0 Å². The number of hydrogen-bond acceptors (Lipinski definition) is 4. The van der Waals surface area contributed by atoms with E-state index in [1.54, 1.807) is 0 Å². The third-order valence-electron chi connectivity index (χ3n) is 4.50.